The highest BCUT2D eigenvalue weighted by atomic mass is 16.1. The molecule has 3 N–H and O–H groups in total. The lowest BCUT2D eigenvalue weighted by molar-refractivity contribution is 0.621. The van der Waals surface area contributed by atoms with Crippen LogP contribution in [0.3, 0.4) is 0 Å². The Bertz CT molecular complexity index is 716. The van der Waals surface area contributed by atoms with Crippen LogP contribution in [0.25, 0.3) is 11.1 Å². The minimum absolute atomic E-state index is 0.0121. The minimum Gasteiger partial charge on any atom is -0.326 e. The Morgan fingerprint density at radius 2 is 2.21 bits per heavy atom. The normalized spacial score (nSPS) is 14.3. The second kappa shape index (κ2) is 4.41. The van der Waals surface area contributed by atoms with Crippen LogP contribution in [0.4, 0.5) is 0 Å². The SMILES string of the molecule is N#Cc1ccc(-c2c[nH]n(C3CC3)c2=O)c(CN)c1. The molecule has 0 aliphatic heterocycles. The third-order valence-corrected chi connectivity index (χ3v) is 3.45. The van der Waals surface area contributed by atoms with E-state index < -0.39 is 0 Å². The Balaban J connectivity index is 2.11. The maximum atomic E-state index is 12.3. The van der Waals surface area contributed by atoms with Gasteiger partial charge in [-0.05, 0) is 36.1 Å². The topological polar surface area (TPSA) is 87.6 Å². The van der Waals surface area contributed by atoms with Crippen molar-refractivity contribution in [1.29, 1.82) is 5.26 Å². The molecular formula is C14H14N4O. The van der Waals surface area contributed by atoms with Gasteiger partial charge in [-0.25, -0.2) is 4.68 Å². The molecule has 3 rings (SSSR count). The monoisotopic (exact) mass is 254 g/mol. The number of H-pyrrole nitrogens is 1. The fourth-order valence-electron chi connectivity index (χ4n) is 2.28. The number of benzene rings is 1. The van der Waals surface area contributed by atoms with E-state index in [0.29, 0.717) is 23.7 Å². The van der Waals surface area contributed by atoms with Gasteiger partial charge < -0.3 is 10.8 Å². The highest BCUT2D eigenvalue weighted by Gasteiger charge is 2.27. The Morgan fingerprint density at radius 3 is 2.84 bits per heavy atom. The molecule has 1 aromatic heterocycles. The van der Waals surface area contributed by atoms with E-state index in [9.17, 15) is 4.79 Å². The molecule has 0 spiro atoms. The van der Waals surface area contributed by atoms with Crippen LogP contribution in [0.1, 0.15) is 30.0 Å². The molecule has 1 aliphatic rings. The van der Waals surface area contributed by atoms with Crippen molar-refractivity contribution in [2.45, 2.75) is 25.4 Å². The molecule has 2 aromatic rings. The lowest BCUT2D eigenvalue weighted by Gasteiger charge is -2.05. The van der Waals surface area contributed by atoms with Gasteiger partial charge in [-0.1, -0.05) is 6.07 Å². The van der Waals surface area contributed by atoms with Crippen molar-refractivity contribution in [3.05, 3.63) is 45.9 Å². The summed E-state index contributed by atoms with van der Waals surface area (Å²) >= 11 is 0. The zero-order valence-electron chi connectivity index (χ0n) is 10.4. The molecule has 19 heavy (non-hydrogen) atoms. The maximum Gasteiger partial charge on any atom is 0.274 e. The summed E-state index contributed by atoms with van der Waals surface area (Å²) in [6.45, 7) is 0.304. The fraction of sp³-hybridized carbons (Fsp3) is 0.286. The van der Waals surface area contributed by atoms with Crippen LogP contribution in [0.15, 0.2) is 29.2 Å². The van der Waals surface area contributed by atoms with Crippen LogP contribution in [-0.2, 0) is 6.54 Å². The van der Waals surface area contributed by atoms with E-state index in [0.717, 1.165) is 24.0 Å². The Hall–Kier alpha value is -2.32. The molecule has 1 aromatic carbocycles. The largest absolute Gasteiger partial charge is 0.326 e. The summed E-state index contributed by atoms with van der Waals surface area (Å²) in [6.07, 6.45) is 3.83. The average Bonchev–Trinajstić information content (AvgIpc) is 3.21. The smallest absolute Gasteiger partial charge is 0.274 e. The number of nitrogens with two attached hydrogens (primary N) is 1. The van der Waals surface area contributed by atoms with Crippen LogP contribution in [0, 0.1) is 11.3 Å². The molecule has 5 heteroatoms. The standard InChI is InChI=1S/C14H14N4O/c15-6-9-1-4-12(10(5-9)7-16)13-8-17-18(14(13)19)11-2-3-11/h1,4-5,8,11,17H,2-3,7,16H2. The summed E-state index contributed by atoms with van der Waals surface area (Å²) in [5.74, 6) is 0. The molecule has 96 valence electrons. The second-order valence-corrected chi connectivity index (χ2v) is 4.78. The third kappa shape index (κ3) is 1.96. The van der Waals surface area contributed by atoms with Crippen molar-refractivity contribution in [2.24, 2.45) is 5.73 Å². The predicted octanol–water partition coefficient (Wildman–Crippen LogP) is 1.51. The molecule has 0 atom stereocenters. The molecule has 1 saturated carbocycles. The number of hydrogen-bond donors (Lipinski definition) is 2. The summed E-state index contributed by atoms with van der Waals surface area (Å²) in [5.41, 5.74) is 8.50. The third-order valence-electron chi connectivity index (χ3n) is 3.45. The Morgan fingerprint density at radius 1 is 1.42 bits per heavy atom. The first-order chi connectivity index (χ1) is 9.24. The molecule has 5 nitrogen and oxygen atoms in total. The van der Waals surface area contributed by atoms with E-state index >= 15 is 0 Å². The number of aromatic nitrogens is 2. The number of rotatable bonds is 3. The van der Waals surface area contributed by atoms with Crippen molar-refractivity contribution >= 4 is 0 Å². The fourth-order valence-corrected chi connectivity index (χ4v) is 2.28. The predicted molar refractivity (Wildman–Crippen MR) is 71.4 cm³/mol. The highest BCUT2D eigenvalue weighted by Crippen LogP contribution is 2.33. The van der Waals surface area contributed by atoms with Gasteiger partial charge in [0.1, 0.15) is 0 Å². The molecule has 1 aliphatic carbocycles. The van der Waals surface area contributed by atoms with E-state index in [1.54, 1.807) is 29.1 Å². The van der Waals surface area contributed by atoms with Crippen molar-refractivity contribution in [3.8, 4) is 17.2 Å². The molecule has 0 unspecified atom stereocenters. The second-order valence-electron chi connectivity index (χ2n) is 4.78. The van der Waals surface area contributed by atoms with Crippen molar-refractivity contribution in [1.82, 2.24) is 9.78 Å². The zero-order chi connectivity index (χ0) is 13.4. The molecular weight excluding hydrogens is 240 g/mol. The average molecular weight is 254 g/mol. The van der Waals surface area contributed by atoms with Gasteiger partial charge in [0.15, 0.2) is 0 Å². The van der Waals surface area contributed by atoms with E-state index in [1.807, 2.05) is 0 Å². The molecule has 0 bridgehead atoms. The number of nitriles is 1. The van der Waals surface area contributed by atoms with Crippen molar-refractivity contribution < 1.29 is 0 Å². The van der Waals surface area contributed by atoms with Gasteiger partial charge in [0, 0.05) is 12.7 Å². The van der Waals surface area contributed by atoms with Crippen LogP contribution in [0.2, 0.25) is 0 Å². The van der Waals surface area contributed by atoms with Gasteiger partial charge in [0.05, 0.1) is 23.2 Å². The number of hydrogen-bond acceptors (Lipinski definition) is 3. The summed E-state index contributed by atoms with van der Waals surface area (Å²) < 4.78 is 1.67. The van der Waals surface area contributed by atoms with E-state index in [1.165, 1.54) is 0 Å². The molecule has 0 saturated heterocycles. The summed E-state index contributed by atoms with van der Waals surface area (Å²) in [7, 11) is 0. The Kier molecular flexibility index (Phi) is 2.73. The highest BCUT2D eigenvalue weighted by molar-refractivity contribution is 5.67. The number of nitrogens with zero attached hydrogens (tertiary/aromatic N) is 2. The first-order valence-electron chi connectivity index (χ1n) is 6.28. The van der Waals surface area contributed by atoms with E-state index in [4.69, 9.17) is 11.0 Å². The van der Waals surface area contributed by atoms with Crippen LogP contribution >= 0.6 is 0 Å². The quantitative estimate of drug-likeness (QED) is 0.870. The zero-order valence-corrected chi connectivity index (χ0v) is 10.4. The maximum absolute atomic E-state index is 12.3. The van der Waals surface area contributed by atoms with Crippen LogP contribution in [-0.4, -0.2) is 9.78 Å². The van der Waals surface area contributed by atoms with E-state index in [2.05, 4.69) is 11.2 Å². The first-order valence-corrected chi connectivity index (χ1v) is 6.28. The van der Waals surface area contributed by atoms with Gasteiger partial charge in [-0.2, -0.15) is 5.26 Å². The number of nitrogens with one attached hydrogen (secondary N) is 1. The lowest BCUT2D eigenvalue weighted by atomic mass is 10.00. The van der Waals surface area contributed by atoms with Crippen LogP contribution < -0.4 is 11.3 Å². The molecule has 1 heterocycles. The van der Waals surface area contributed by atoms with Gasteiger partial charge in [-0.15, -0.1) is 0 Å². The summed E-state index contributed by atoms with van der Waals surface area (Å²) in [4.78, 5) is 12.3. The van der Waals surface area contributed by atoms with Crippen LogP contribution in [0.5, 0.6) is 0 Å². The van der Waals surface area contributed by atoms with Gasteiger partial charge in [-0.3, -0.25) is 4.79 Å². The lowest BCUT2D eigenvalue weighted by Crippen LogP contribution is -2.16. The number of aromatic amines is 1. The molecule has 0 radical (unpaired) electrons. The minimum atomic E-state index is -0.0121. The van der Waals surface area contributed by atoms with Crippen molar-refractivity contribution in [2.75, 3.05) is 0 Å². The van der Waals surface area contributed by atoms with E-state index in [-0.39, 0.29) is 5.56 Å². The summed E-state index contributed by atoms with van der Waals surface area (Å²) in [6, 6.07) is 7.65. The first kappa shape index (κ1) is 11.8. The Labute approximate surface area is 110 Å². The van der Waals surface area contributed by atoms with Gasteiger partial charge in [0.25, 0.3) is 5.56 Å². The van der Waals surface area contributed by atoms with Gasteiger partial charge >= 0.3 is 0 Å². The summed E-state index contributed by atoms with van der Waals surface area (Å²) in [5, 5.41) is 11.9. The van der Waals surface area contributed by atoms with Crippen molar-refractivity contribution in [3.63, 3.8) is 0 Å². The molecule has 0 amide bonds. The molecule has 1 fully saturated rings. The van der Waals surface area contributed by atoms with Gasteiger partial charge in [0.2, 0.25) is 0 Å².